The first-order chi connectivity index (χ1) is 36.7. The molecular weight excluding hydrogens is 1010 g/mol. The molecule has 7 atom stereocenters. The molecule has 20 nitrogen and oxygen atoms in total. The second-order valence-electron chi connectivity index (χ2n) is 16.0. The number of aliphatic hydroxyl groups is 3. The molecule has 1 heterocycles. The highest BCUT2D eigenvalue weighted by molar-refractivity contribution is 8.76. The van der Waals surface area contributed by atoms with Crippen LogP contribution < -0.4 is 49.1 Å². The monoisotopic (exact) mass is 1100 g/mol. The van der Waals surface area contributed by atoms with Gasteiger partial charge in [-0.15, -0.1) is 0 Å². The average Bonchev–Trinajstić information content (AvgIpc) is 3.82. The summed E-state index contributed by atoms with van der Waals surface area (Å²) in [5.41, 5.74) is 20.0. The van der Waals surface area contributed by atoms with Crippen molar-refractivity contribution in [2.24, 2.45) is 17.2 Å². The lowest BCUT2D eigenvalue weighted by Crippen LogP contribution is -2.50. The summed E-state index contributed by atoms with van der Waals surface area (Å²) >= 11 is 0. The summed E-state index contributed by atoms with van der Waals surface area (Å²) in [6.07, 6.45) is 9.12. The Morgan fingerprint density at radius 3 is 1.71 bits per heavy atom. The lowest BCUT2D eigenvalue weighted by Gasteiger charge is -2.20. The zero-order valence-corrected chi connectivity index (χ0v) is 47.5. The predicted octanol–water partition coefficient (Wildman–Crippen LogP) is 1.99. The number of aromatic nitrogens is 1. The van der Waals surface area contributed by atoms with Crippen LogP contribution in [0.1, 0.15) is 63.1 Å². The lowest BCUT2D eigenvalue weighted by molar-refractivity contribution is -0.127. The average molecular weight is 1110 g/mol. The van der Waals surface area contributed by atoms with Crippen molar-refractivity contribution < 1.29 is 48.9 Å². The number of rotatable bonds is 29. The predicted molar refractivity (Wildman–Crippen MR) is 313 cm³/mol. The molecule has 430 valence electrons. The van der Waals surface area contributed by atoms with E-state index >= 15 is 0 Å². The van der Waals surface area contributed by atoms with E-state index in [9.17, 15) is 38.7 Å². The fraction of sp³-hybridized carbons (Fsp3) is 0.500. The van der Waals surface area contributed by atoms with E-state index < -0.39 is 30.3 Å². The van der Waals surface area contributed by atoms with E-state index in [2.05, 4.69) is 74.7 Å². The van der Waals surface area contributed by atoms with E-state index in [1.165, 1.54) is 55.3 Å². The van der Waals surface area contributed by atoms with Crippen molar-refractivity contribution in [3.8, 4) is 0 Å². The van der Waals surface area contributed by atoms with Gasteiger partial charge in [0.05, 0.1) is 49.5 Å². The number of nitrogens with two attached hydrogens (primary N) is 3. The minimum Gasteiger partial charge on any atom is -0.394 e. The van der Waals surface area contributed by atoms with E-state index in [1.807, 2.05) is 102 Å². The van der Waals surface area contributed by atoms with E-state index in [0.717, 1.165) is 49.4 Å². The summed E-state index contributed by atoms with van der Waals surface area (Å²) in [4.78, 5) is 75.4. The Hall–Kier alpha value is -5.37. The third-order valence-corrected chi connectivity index (χ3v) is 12.4. The van der Waals surface area contributed by atoms with Crippen LogP contribution in [0.3, 0.4) is 0 Å². The number of hydrogen-bond donors (Lipinski definition) is 13. The first-order valence-corrected chi connectivity index (χ1v) is 27.5. The van der Waals surface area contributed by atoms with Gasteiger partial charge in [0.1, 0.15) is 31.2 Å². The molecule has 3 amide bonds. The molecular formula is C54H92N10O10S2. The van der Waals surface area contributed by atoms with Crippen molar-refractivity contribution in [1.29, 1.82) is 0 Å². The van der Waals surface area contributed by atoms with Gasteiger partial charge in [0.2, 0.25) is 18.7 Å². The van der Waals surface area contributed by atoms with Gasteiger partial charge >= 0.3 is 0 Å². The van der Waals surface area contributed by atoms with Crippen LogP contribution in [0.2, 0.25) is 0 Å². The van der Waals surface area contributed by atoms with Crippen LogP contribution in [0.5, 0.6) is 0 Å². The molecule has 0 bridgehead atoms. The van der Waals surface area contributed by atoms with Gasteiger partial charge in [-0.25, -0.2) is 0 Å². The number of aliphatic hydroxyl groups excluding tert-OH is 3. The van der Waals surface area contributed by atoms with Gasteiger partial charge in [-0.2, -0.15) is 0 Å². The number of nitrogens with one attached hydrogen (secondary N) is 7. The summed E-state index contributed by atoms with van der Waals surface area (Å²) in [7, 11) is 10.8. The van der Waals surface area contributed by atoms with Crippen LogP contribution in [-0.2, 0) is 46.4 Å². The molecule has 4 aromatic rings. The lowest BCUT2D eigenvalue weighted by atomic mass is 10.1. The molecule has 22 heteroatoms. The third-order valence-electron chi connectivity index (χ3n) is 9.77. The number of unbranched alkanes of at least 4 members (excludes halogenated alkanes) is 1. The first-order valence-electron chi connectivity index (χ1n) is 25.0. The minimum absolute atomic E-state index is 0.240. The second-order valence-corrected chi connectivity index (χ2v) is 18.7. The topological polar surface area (TPSA) is 346 Å². The zero-order chi connectivity index (χ0) is 58.2. The third kappa shape index (κ3) is 44.9. The molecule has 0 radical (unpaired) electrons. The second kappa shape index (κ2) is 57.3. The van der Waals surface area contributed by atoms with Crippen LogP contribution >= 0.6 is 21.6 Å². The highest BCUT2D eigenvalue weighted by Gasteiger charge is 2.22. The van der Waals surface area contributed by atoms with E-state index in [1.54, 1.807) is 14.1 Å². The number of likely N-dealkylation sites (N-methyl/N-ethyl adjacent to an activating group) is 2. The van der Waals surface area contributed by atoms with Crippen LogP contribution in [0.25, 0.3) is 10.9 Å². The number of aromatic amines is 1. The molecule has 1 aromatic heterocycles. The van der Waals surface area contributed by atoms with Crippen LogP contribution in [0, 0.1) is 6.92 Å². The standard InChI is InChI=1S/C11H23N3O3.C10H11NO2.C9H11NO.C9H9N.C6H15NS2.C5H11NO3.C3H7NO.CH5N/c1-8(16)10(7-15)14-11(17)9(13-2)5-3-4-6-12;12-7-10(11-8-13)6-9-4-2-1-3-5-9;10-9(7-11)6-8-4-2-1-3-5-8;1-7-6-10-9-5-3-2-4-8(7)9;1-3-5-8-9-6-4-7-2;1-4(9)5(2-7)6-3-8;1-4-2-3-5;1-2/h7-10,13,16H,3-6,12H2,1-2H3,(H,14,17);1-5,7-8,10H,6H2,(H,11,13);1-5,7,9H,6,10H2;2-6,10H,1H3;7H,3-6H2,1-2H3;3-5,7,9H,2H2,1H3,(H,6,8);3-4H,2H2,1H3;2H2,1H3. The van der Waals surface area contributed by atoms with Crippen LogP contribution in [-0.4, -0.2) is 173 Å². The first kappa shape index (κ1) is 77.1. The highest BCUT2D eigenvalue weighted by atomic mass is 33.1. The fourth-order valence-corrected chi connectivity index (χ4v) is 7.69. The molecule has 16 N–H and O–H groups in total. The number of fused-ring (bicyclic) bond motifs is 1. The Morgan fingerprint density at radius 2 is 1.30 bits per heavy atom. The van der Waals surface area contributed by atoms with Crippen LogP contribution in [0.4, 0.5) is 0 Å². The Morgan fingerprint density at radius 1 is 0.737 bits per heavy atom. The van der Waals surface area contributed by atoms with Crippen molar-refractivity contribution in [3.05, 3.63) is 108 Å². The Bertz CT molecular complexity index is 1950. The van der Waals surface area contributed by atoms with Crippen molar-refractivity contribution in [1.82, 2.24) is 36.9 Å². The smallest absolute Gasteiger partial charge is 0.237 e. The van der Waals surface area contributed by atoms with Gasteiger partial charge in [0.15, 0.2) is 0 Å². The molecule has 0 spiro atoms. The van der Waals surface area contributed by atoms with Gasteiger partial charge in [-0.1, -0.05) is 114 Å². The SMILES string of the molecule is CC(O)C(CO)NC=O.CCCSSCCNC.CN.CNC(CCCCN)C(=O)NC(C=O)C(C)O.CNCC=O.Cc1c[nH]c2ccccc12.NC(C=O)Cc1ccccc1.O=CNC(C=O)Cc1ccccc1. The van der Waals surface area contributed by atoms with Gasteiger partial charge in [-0.05, 0) is 110 Å². The van der Waals surface area contributed by atoms with Crippen molar-refractivity contribution in [2.75, 3.05) is 65.9 Å². The van der Waals surface area contributed by atoms with Crippen molar-refractivity contribution in [2.45, 2.75) is 109 Å². The molecule has 0 aliphatic rings. The molecule has 0 saturated carbocycles. The molecule has 7 unspecified atom stereocenters. The summed E-state index contributed by atoms with van der Waals surface area (Å²) in [6.45, 7) is 9.23. The number of H-pyrrole nitrogens is 1. The number of aldehydes is 4. The van der Waals surface area contributed by atoms with Gasteiger partial charge < -0.3 is 88.6 Å². The van der Waals surface area contributed by atoms with Gasteiger partial charge in [0.25, 0.3) is 0 Å². The number of benzene rings is 3. The number of aryl methyl sites for hydroxylation is 1. The maximum atomic E-state index is 11.8. The molecule has 0 aliphatic carbocycles. The Kier molecular flexibility index (Phi) is 58.2. The molecule has 76 heavy (non-hydrogen) atoms. The quantitative estimate of drug-likeness (QED) is 0.0210. The fourth-order valence-electron chi connectivity index (χ4n) is 5.55. The molecule has 4 rings (SSSR count). The zero-order valence-electron chi connectivity index (χ0n) is 45.9. The van der Waals surface area contributed by atoms with E-state index in [4.69, 9.17) is 21.7 Å². The Labute approximate surface area is 459 Å². The van der Waals surface area contributed by atoms with Crippen molar-refractivity contribution in [3.63, 3.8) is 0 Å². The number of amides is 3. The summed E-state index contributed by atoms with van der Waals surface area (Å²) in [5.74, 6) is 2.23. The normalized spacial score (nSPS) is 12.4. The maximum absolute atomic E-state index is 11.8. The van der Waals surface area contributed by atoms with Crippen molar-refractivity contribution >= 4 is 76.4 Å². The number of carbonyl (C=O) groups is 7. The minimum atomic E-state index is -0.891. The Balaban J connectivity index is -0.000000404. The summed E-state index contributed by atoms with van der Waals surface area (Å²) in [6, 6.07) is 25.1. The maximum Gasteiger partial charge on any atom is 0.237 e. The number of carbonyl (C=O) groups excluding carboxylic acids is 7. The molecule has 3 aromatic carbocycles. The molecule has 0 aliphatic heterocycles. The van der Waals surface area contributed by atoms with E-state index in [-0.39, 0.29) is 24.6 Å². The molecule has 0 fully saturated rings. The summed E-state index contributed by atoms with van der Waals surface area (Å²) < 4.78 is 0. The summed E-state index contributed by atoms with van der Waals surface area (Å²) in [5, 5.41) is 43.6. The number of hydrogen-bond acceptors (Lipinski definition) is 18. The van der Waals surface area contributed by atoms with Gasteiger partial charge in [0, 0.05) is 35.2 Å². The highest BCUT2D eigenvalue weighted by Crippen LogP contribution is 2.20. The largest absolute Gasteiger partial charge is 0.394 e. The van der Waals surface area contributed by atoms with Crippen LogP contribution in [0.15, 0.2) is 91.1 Å². The number of para-hydroxylation sites is 1. The van der Waals surface area contributed by atoms with Gasteiger partial charge in [-0.3, -0.25) is 14.4 Å². The van der Waals surface area contributed by atoms with E-state index in [0.29, 0.717) is 51.5 Å². The molecule has 0 saturated heterocycles.